The summed E-state index contributed by atoms with van der Waals surface area (Å²) in [6.07, 6.45) is 0. The molecule has 0 aliphatic carbocycles. The second-order valence-corrected chi connectivity index (χ2v) is 2.98. The molecule has 0 aromatic carbocycles. The lowest BCUT2D eigenvalue weighted by molar-refractivity contribution is -0.607. The highest BCUT2D eigenvalue weighted by molar-refractivity contribution is 7.00. The van der Waals surface area contributed by atoms with Crippen LogP contribution in [0.3, 0.4) is 0 Å². The van der Waals surface area contributed by atoms with Gasteiger partial charge in [-0.05, 0) is 0 Å². The van der Waals surface area contributed by atoms with E-state index in [9.17, 15) is 0 Å². The Labute approximate surface area is 62.8 Å². The van der Waals surface area contributed by atoms with Crippen LogP contribution in [0.4, 0.5) is 0 Å². The minimum atomic E-state index is 0.671. The lowest BCUT2D eigenvalue weighted by Gasteiger charge is -1.87. The Bertz CT molecular complexity index is 191. The van der Waals surface area contributed by atoms with E-state index in [0.29, 0.717) is 5.02 Å². The van der Waals surface area contributed by atoms with Gasteiger partial charge >= 0.3 is 5.88 Å². The fraction of sp³-hybridized carbons (Fsp3) is 0.400. The first-order valence-corrected chi connectivity index (χ1v) is 3.64. The first-order chi connectivity index (χ1) is 4.25. The molecule has 1 rings (SSSR count). The van der Waals surface area contributed by atoms with E-state index in [2.05, 4.69) is 0 Å². The van der Waals surface area contributed by atoms with Crippen LogP contribution < -0.4 is 8.69 Å². The van der Waals surface area contributed by atoms with Crippen LogP contribution in [0.1, 0.15) is 0 Å². The molecule has 0 bridgehead atoms. The number of aryl methyl sites for hydroxylation is 1. The summed E-state index contributed by atoms with van der Waals surface area (Å²) >= 11 is 7.23. The van der Waals surface area contributed by atoms with Crippen LogP contribution in [-0.4, -0.2) is 7.11 Å². The summed E-state index contributed by atoms with van der Waals surface area (Å²) in [6, 6.07) is 0. The van der Waals surface area contributed by atoms with Crippen molar-refractivity contribution in [1.29, 1.82) is 0 Å². The largest absolute Gasteiger partial charge is 0.446 e. The van der Waals surface area contributed by atoms with Gasteiger partial charge in [-0.25, -0.2) is 0 Å². The first kappa shape index (κ1) is 6.83. The predicted octanol–water partition coefficient (Wildman–Crippen LogP) is 1.23. The van der Waals surface area contributed by atoms with Gasteiger partial charge in [0.15, 0.2) is 12.1 Å². The third-order valence-corrected chi connectivity index (χ3v) is 2.22. The van der Waals surface area contributed by atoms with Crippen LogP contribution in [0.15, 0.2) is 5.38 Å². The normalized spacial score (nSPS) is 9.67. The second-order valence-electron chi connectivity index (χ2n) is 1.58. The van der Waals surface area contributed by atoms with Crippen LogP contribution in [0.5, 0.6) is 5.88 Å². The van der Waals surface area contributed by atoms with Gasteiger partial charge in [0, 0.05) is 0 Å². The van der Waals surface area contributed by atoms with Crippen molar-refractivity contribution in [3.8, 4) is 5.88 Å². The Morgan fingerprint density at radius 3 is 2.67 bits per heavy atom. The Morgan fingerprint density at radius 2 is 2.44 bits per heavy atom. The molecule has 1 aromatic rings. The molecule has 1 heterocycles. The number of rotatable bonds is 1. The Kier molecular flexibility index (Phi) is 1.93. The fourth-order valence-corrected chi connectivity index (χ4v) is 1.59. The molecular weight excluding hydrogens is 158 g/mol. The van der Waals surface area contributed by atoms with E-state index < -0.39 is 0 Å². The van der Waals surface area contributed by atoms with Crippen LogP contribution in [0, 0.1) is 0 Å². The van der Waals surface area contributed by atoms with E-state index in [1.54, 1.807) is 7.11 Å². The van der Waals surface area contributed by atoms with Crippen molar-refractivity contribution in [1.82, 2.24) is 0 Å². The molecule has 4 heteroatoms. The molecule has 0 aliphatic heterocycles. The highest BCUT2D eigenvalue weighted by atomic mass is 35.5. The molecule has 0 saturated carbocycles. The van der Waals surface area contributed by atoms with Gasteiger partial charge in [-0.15, -0.1) is 3.96 Å². The van der Waals surface area contributed by atoms with Gasteiger partial charge in [0.25, 0.3) is 0 Å². The molecule has 0 aliphatic rings. The van der Waals surface area contributed by atoms with E-state index in [1.807, 2.05) is 16.4 Å². The molecule has 1 aromatic heterocycles. The van der Waals surface area contributed by atoms with E-state index in [0.717, 1.165) is 5.88 Å². The standard InChI is InChI=1S/C5H7ClNOS/c1-7-5(8-2)4(6)3-9-7/h3H,1-2H3/q+1. The Morgan fingerprint density at radius 1 is 1.78 bits per heavy atom. The molecule has 0 fully saturated rings. The van der Waals surface area contributed by atoms with E-state index in [4.69, 9.17) is 16.3 Å². The van der Waals surface area contributed by atoms with Gasteiger partial charge in [-0.3, -0.25) is 0 Å². The summed E-state index contributed by atoms with van der Waals surface area (Å²) in [5, 5.41) is 2.51. The van der Waals surface area contributed by atoms with E-state index in [1.165, 1.54) is 11.5 Å². The average Bonchev–Trinajstić information content (AvgIpc) is 2.12. The smallest absolute Gasteiger partial charge is 0.401 e. The van der Waals surface area contributed by atoms with E-state index >= 15 is 0 Å². The van der Waals surface area contributed by atoms with Crippen molar-refractivity contribution in [3.63, 3.8) is 0 Å². The number of ether oxygens (including phenoxy) is 1. The SMILES string of the molecule is COc1c(Cl)cs[n+]1C. The quantitative estimate of drug-likeness (QED) is 0.570. The maximum absolute atomic E-state index is 5.71. The first-order valence-electron chi connectivity index (χ1n) is 2.43. The van der Waals surface area contributed by atoms with Gasteiger partial charge in [-0.1, -0.05) is 11.6 Å². The molecule has 0 saturated heterocycles. The van der Waals surface area contributed by atoms with Gasteiger partial charge in [0.1, 0.15) is 11.5 Å². The fourth-order valence-electron chi connectivity index (χ4n) is 0.600. The third kappa shape index (κ3) is 1.17. The molecule has 0 atom stereocenters. The number of methoxy groups -OCH3 is 1. The Hall–Kier alpha value is -0.280. The molecule has 0 radical (unpaired) electrons. The third-order valence-electron chi connectivity index (χ3n) is 0.998. The molecule has 9 heavy (non-hydrogen) atoms. The maximum atomic E-state index is 5.71. The van der Waals surface area contributed by atoms with Crippen molar-refractivity contribution in [2.45, 2.75) is 0 Å². The molecular formula is C5H7ClNOS+. The van der Waals surface area contributed by atoms with Crippen molar-refractivity contribution >= 4 is 23.1 Å². The predicted molar refractivity (Wildman–Crippen MR) is 37.1 cm³/mol. The number of nitrogens with zero attached hydrogens (tertiary/aromatic N) is 1. The summed E-state index contributed by atoms with van der Waals surface area (Å²) in [5.41, 5.74) is 0. The highest BCUT2D eigenvalue weighted by Gasteiger charge is 2.14. The Balaban J connectivity index is 3.07. The van der Waals surface area contributed by atoms with Gasteiger partial charge < -0.3 is 4.74 Å². The van der Waals surface area contributed by atoms with E-state index in [-0.39, 0.29) is 0 Å². The lowest BCUT2D eigenvalue weighted by Crippen LogP contribution is -2.23. The topological polar surface area (TPSA) is 13.1 Å². The second kappa shape index (κ2) is 2.54. The van der Waals surface area contributed by atoms with Crippen molar-refractivity contribution in [2.24, 2.45) is 7.05 Å². The molecule has 50 valence electrons. The van der Waals surface area contributed by atoms with Gasteiger partial charge in [-0.2, -0.15) is 0 Å². The molecule has 0 amide bonds. The van der Waals surface area contributed by atoms with Gasteiger partial charge in [0.2, 0.25) is 0 Å². The maximum Gasteiger partial charge on any atom is 0.401 e. The minimum absolute atomic E-state index is 0.671. The van der Waals surface area contributed by atoms with Gasteiger partial charge in [0.05, 0.1) is 12.5 Å². The summed E-state index contributed by atoms with van der Waals surface area (Å²) in [7, 11) is 3.50. The summed E-state index contributed by atoms with van der Waals surface area (Å²) in [4.78, 5) is 0. The molecule has 0 spiro atoms. The lowest BCUT2D eigenvalue weighted by atomic mass is 10.7. The molecule has 0 unspecified atom stereocenters. The van der Waals surface area contributed by atoms with Crippen LogP contribution in [0.2, 0.25) is 5.02 Å². The highest BCUT2D eigenvalue weighted by Crippen LogP contribution is 2.20. The summed E-state index contributed by atoms with van der Waals surface area (Å²) in [6.45, 7) is 0. The van der Waals surface area contributed by atoms with Crippen molar-refractivity contribution in [3.05, 3.63) is 10.4 Å². The number of hydrogen-bond donors (Lipinski definition) is 0. The van der Waals surface area contributed by atoms with Crippen molar-refractivity contribution in [2.75, 3.05) is 7.11 Å². The zero-order valence-electron chi connectivity index (χ0n) is 5.22. The van der Waals surface area contributed by atoms with Crippen LogP contribution in [0.25, 0.3) is 0 Å². The zero-order chi connectivity index (χ0) is 6.85. The summed E-state index contributed by atoms with van der Waals surface area (Å²) < 4.78 is 6.82. The monoisotopic (exact) mass is 164 g/mol. The average molecular weight is 165 g/mol. The number of hydrogen-bond acceptors (Lipinski definition) is 2. The zero-order valence-corrected chi connectivity index (χ0v) is 6.79. The molecule has 2 nitrogen and oxygen atoms in total. The van der Waals surface area contributed by atoms with Crippen molar-refractivity contribution < 1.29 is 8.69 Å². The minimum Gasteiger partial charge on any atom is -0.446 e. The van der Waals surface area contributed by atoms with Crippen LogP contribution >= 0.6 is 23.1 Å². The van der Waals surface area contributed by atoms with Crippen LogP contribution in [-0.2, 0) is 7.05 Å². The number of aromatic nitrogens is 1. The molecule has 0 N–H and O–H groups in total. The number of halogens is 1. The summed E-state index contributed by atoms with van der Waals surface area (Å²) in [5.74, 6) is 0.724.